The lowest BCUT2D eigenvalue weighted by Crippen LogP contribution is -2.04. The maximum atomic E-state index is 12.6. The van der Waals surface area contributed by atoms with Gasteiger partial charge in [-0.05, 0) is 35.4 Å². The molecule has 2 aromatic rings. The lowest BCUT2D eigenvalue weighted by Gasteiger charge is -2.07. The van der Waals surface area contributed by atoms with Crippen molar-refractivity contribution in [1.29, 1.82) is 0 Å². The van der Waals surface area contributed by atoms with Gasteiger partial charge in [-0.25, -0.2) is 0 Å². The Morgan fingerprint density at radius 2 is 1.30 bits per heavy atom. The van der Waals surface area contributed by atoms with Crippen molar-refractivity contribution in [2.24, 2.45) is 0 Å². The maximum Gasteiger partial charge on any atom is 0.416 e. The third kappa shape index (κ3) is 3.02. The van der Waals surface area contributed by atoms with Gasteiger partial charge in [0.1, 0.15) is 10.1 Å². The van der Waals surface area contributed by atoms with E-state index in [-0.39, 0.29) is 11.8 Å². The monoisotopic (exact) mass is 360 g/mol. The summed E-state index contributed by atoms with van der Waals surface area (Å²) >= 11 is 12.7. The third-order valence-electron chi connectivity index (χ3n) is 4.13. The fourth-order valence-corrected chi connectivity index (χ4v) is 3.73. The molecule has 1 nitrogen and oxygen atoms in total. The van der Waals surface area contributed by atoms with Gasteiger partial charge in [-0.1, -0.05) is 24.3 Å². The Morgan fingerprint density at radius 3 is 1.70 bits per heavy atom. The number of halogens is 5. The Bertz CT molecular complexity index is 693. The van der Waals surface area contributed by atoms with E-state index in [9.17, 15) is 13.2 Å². The average Bonchev–Trinajstić information content (AvgIpc) is 3.09. The normalized spacial score (nSPS) is 22.7. The summed E-state index contributed by atoms with van der Waals surface area (Å²) in [5.41, 5.74) is 0.946. The second-order valence-electron chi connectivity index (χ2n) is 5.52. The first-order valence-electron chi connectivity index (χ1n) is 6.94. The van der Waals surface area contributed by atoms with E-state index >= 15 is 0 Å². The highest BCUT2D eigenvalue weighted by atomic mass is 35.5. The fourth-order valence-electron chi connectivity index (χ4n) is 2.85. The highest BCUT2D eigenvalue weighted by Gasteiger charge is 2.64. The van der Waals surface area contributed by atoms with Crippen molar-refractivity contribution in [1.82, 2.24) is 0 Å². The molecule has 2 atom stereocenters. The molecule has 3 rings (SSSR count). The number of hydrogen-bond acceptors (Lipinski definition) is 1. The van der Waals surface area contributed by atoms with Crippen LogP contribution < -0.4 is 4.74 Å². The molecule has 2 unspecified atom stereocenters. The second-order valence-corrected chi connectivity index (χ2v) is 6.97. The summed E-state index contributed by atoms with van der Waals surface area (Å²) in [4.78, 5) is 0. The van der Waals surface area contributed by atoms with Gasteiger partial charge in [0.2, 0.25) is 0 Å². The third-order valence-corrected chi connectivity index (χ3v) is 5.07. The minimum atomic E-state index is -4.35. The fraction of sp³-hybridized carbons (Fsp3) is 0.294. The zero-order chi connectivity index (χ0) is 16.8. The number of hydrogen-bond donors (Lipinski definition) is 0. The minimum Gasteiger partial charge on any atom is -0.497 e. The average molecular weight is 361 g/mol. The molecule has 122 valence electrons. The molecular formula is C17H13Cl2F3O. The summed E-state index contributed by atoms with van der Waals surface area (Å²) in [6.07, 6.45) is -4.35. The lowest BCUT2D eigenvalue weighted by atomic mass is 10.0. The zero-order valence-electron chi connectivity index (χ0n) is 12.1. The van der Waals surface area contributed by atoms with E-state index in [0.29, 0.717) is 5.56 Å². The molecule has 1 aliphatic carbocycles. The van der Waals surface area contributed by atoms with E-state index < -0.39 is 16.1 Å². The molecule has 0 N–H and O–H groups in total. The summed E-state index contributed by atoms with van der Waals surface area (Å²) in [6, 6.07) is 12.3. The van der Waals surface area contributed by atoms with Crippen LogP contribution in [0.25, 0.3) is 0 Å². The van der Waals surface area contributed by atoms with Crippen LogP contribution in [0.2, 0.25) is 0 Å². The van der Waals surface area contributed by atoms with Crippen LogP contribution in [0.1, 0.15) is 28.5 Å². The molecule has 0 radical (unpaired) electrons. The predicted octanol–water partition coefficient (Wildman–Crippen LogP) is 5.77. The Hall–Kier alpha value is -1.39. The van der Waals surface area contributed by atoms with Crippen LogP contribution in [-0.4, -0.2) is 11.4 Å². The van der Waals surface area contributed by atoms with Gasteiger partial charge in [0.25, 0.3) is 0 Å². The molecule has 1 saturated carbocycles. The SMILES string of the molecule is COc1ccc(C2C(c3ccc(C(F)(F)F)cc3)C2(Cl)Cl)cc1. The number of benzene rings is 2. The van der Waals surface area contributed by atoms with Crippen molar-refractivity contribution in [2.45, 2.75) is 22.3 Å². The summed E-state index contributed by atoms with van der Waals surface area (Å²) in [6.45, 7) is 0. The molecule has 0 aromatic heterocycles. The number of rotatable bonds is 3. The summed E-state index contributed by atoms with van der Waals surface area (Å²) < 4.78 is 42.0. The minimum absolute atomic E-state index is 0.159. The number of alkyl halides is 5. The van der Waals surface area contributed by atoms with E-state index in [4.69, 9.17) is 27.9 Å². The van der Waals surface area contributed by atoms with Crippen molar-refractivity contribution in [3.63, 3.8) is 0 Å². The van der Waals surface area contributed by atoms with Crippen LogP contribution >= 0.6 is 23.2 Å². The van der Waals surface area contributed by atoms with Crippen LogP contribution in [-0.2, 0) is 6.18 Å². The molecule has 0 saturated heterocycles. The van der Waals surface area contributed by atoms with Crippen molar-refractivity contribution >= 4 is 23.2 Å². The summed E-state index contributed by atoms with van der Waals surface area (Å²) in [5.74, 6) is 0.324. The van der Waals surface area contributed by atoms with Gasteiger partial charge in [0, 0.05) is 11.8 Å². The molecule has 1 fully saturated rings. The first kappa shape index (κ1) is 16.5. The van der Waals surface area contributed by atoms with Gasteiger partial charge in [0.15, 0.2) is 0 Å². The maximum absolute atomic E-state index is 12.6. The number of ether oxygens (including phenoxy) is 1. The molecule has 2 aromatic carbocycles. The Balaban J connectivity index is 1.85. The van der Waals surface area contributed by atoms with Gasteiger partial charge in [-0.15, -0.1) is 23.2 Å². The van der Waals surface area contributed by atoms with Crippen LogP contribution in [0.4, 0.5) is 13.2 Å². The van der Waals surface area contributed by atoms with E-state index in [0.717, 1.165) is 23.4 Å². The molecule has 23 heavy (non-hydrogen) atoms. The smallest absolute Gasteiger partial charge is 0.416 e. The van der Waals surface area contributed by atoms with Gasteiger partial charge in [0.05, 0.1) is 12.7 Å². The van der Waals surface area contributed by atoms with E-state index in [1.165, 1.54) is 12.1 Å². The van der Waals surface area contributed by atoms with Gasteiger partial charge < -0.3 is 4.74 Å². The highest BCUT2D eigenvalue weighted by Crippen LogP contribution is 2.70. The first-order chi connectivity index (χ1) is 10.7. The van der Waals surface area contributed by atoms with E-state index in [1.54, 1.807) is 19.2 Å². The van der Waals surface area contributed by atoms with Crippen LogP contribution in [0, 0.1) is 0 Å². The largest absolute Gasteiger partial charge is 0.497 e. The molecule has 0 aliphatic heterocycles. The van der Waals surface area contributed by atoms with Crippen molar-refractivity contribution < 1.29 is 17.9 Å². The van der Waals surface area contributed by atoms with E-state index in [1.807, 2.05) is 12.1 Å². The lowest BCUT2D eigenvalue weighted by molar-refractivity contribution is -0.137. The Kier molecular flexibility index (Phi) is 4.01. The van der Waals surface area contributed by atoms with Crippen molar-refractivity contribution in [3.8, 4) is 5.75 Å². The molecule has 0 spiro atoms. The van der Waals surface area contributed by atoms with Crippen LogP contribution in [0.15, 0.2) is 48.5 Å². The molecular weight excluding hydrogens is 348 g/mol. The van der Waals surface area contributed by atoms with Gasteiger partial charge in [-0.2, -0.15) is 13.2 Å². The standard InChI is InChI=1S/C17H13Cl2F3O/c1-23-13-8-4-11(5-9-13)15-14(16(15,18)19)10-2-6-12(7-3-10)17(20,21)22/h2-9,14-15H,1H3. The van der Waals surface area contributed by atoms with Crippen LogP contribution in [0.5, 0.6) is 5.75 Å². The summed E-state index contributed by atoms with van der Waals surface area (Å²) in [5, 5.41) is 0. The predicted molar refractivity (Wildman–Crippen MR) is 84.4 cm³/mol. The molecule has 0 heterocycles. The molecule has 0 bridgehead atoms. The quantitative estimate of drug-likeness (QED) is 0.631. The summed E-state index contributed by atoms with van der Waals surface area (Å²) in [7, 11) is 1.57. The van der Waals surface area contributed by atoms with E-state index in [2.05, 4.69) is 0 Å². The second kappa shape index (κ2) is 5.60. The van der Waals surface area contributed by atoms with Crippen LogP contribution in [0.3, 0.4) is 0 Å². The zero-order valence-corrected chi connectivity index (χ0v) is 13.6. The molecule has 6 heteroatoms. The van der Waals surface area contributed by atoms with Crippen molar-refractivity contribution in [3.05, 3.63) is 65.2 Å². The van der Waals surface area contributed by atoms with Gasteiger partial charge in [-0.3, -0.25) is 0 Å². The first-order valence-corrected chi connectivity index (χ1v) is 7.69. The molecule has 1 aliphatic rings. The molecule has 0 amide bonds. The van der Waals surface area contributed by atoms with Gasteiger partial charge >= 0.3 is 6.18 Å². The number of methoxy groups -OCH3 is 1. The topological polar surface area (TPSA) is 9.23 Å². The van der Waals surface area contributed by atoms with Crippen molar-refractivity contribution in [2.75, 3.05) is 7.11 Å². The Labute approximate surface area is 142 Å². The highest BCUT2D eigenvalue weighted by molar-refractivity contribution is 6.52. The Morgan fingerprint density at radius 1 is 0.870 bits per heavy atom.